The van der Waals surface area contributed by atoms with Gasteiger partial charge in [0.2, 0.25) is 5.88 Å². The van der Waals surface area contributed by atoms with Gasteiger partial charge in [-0.25, -0.2) is 4.68 Å². The zero-order valence-corrected chi connectivity index (χ0v) is 19.8. The van der Waals surface area contributed by atoms with Gasteiger partial charge in [0.15, 0.2) is 0 Å². The number of hydrogen-bond acceptors (Lipinski definition) is 4. The van der Waals surface area contributed by atoms with Crippen LogP contribution in [-0.2, 0) is 13.6 Å². The third-order valence-electron chi connectivity index (χ3n) is 6.14. The maximum atomic E-state index is 10.6. The van der Waals surface area contributed by atoms with Crippen LogP contribution in [-0.4, -0.2) is 39.0 Å². The Kier molecular flexibility index (Phi) is 7.63. The maximum Gasteiger partial charge on any atom is 0.222 e. The molecule has 0 bridgehead atoms. The van der Waals surface area contributed by atoms with Crippen molar-refractivity contribution in [3.8, 4) is 22.9 Å². The van der Waals surface area contributed by atoms with Crippen molar-refractivity contribution >= 4 is 0 Å². The number of rotatable bonds is 12. The highest BCUT2D eigenvalue weighted by atomic mass is 16.5. The molecule has 5 heteroatoms. The van der Waals surface area contributed by atoms with Gasteiger partial charge >= 0.3 is 0 Å². The molecule has 0 radical (unpaired) electrons. The van der Waals surface area contributed by atoms with Crippen molar-refractivity contribution in [2.24, 2.45) is 13.0 Å². The van der Waals surface area contributed by atoms with E-state index < -0.39 is 0 Å². The van der Waals surface area contributed by atoms with Crippen LogP contribution in [0.5, 0.6) is 11.6 Å². The molecule has 2 aromatic carbocycles. The smallest absolute Gasteiger partial charge is 0.222 e. The first-order valence-corrected chi connectivity index (χ1v) is 11.9. The lowest BCUT2D eigenvalue weighted by atomic mass is 10.1. The molecule has 1 aliphatic rings. The molecule has 3 aromatic rings. The predicted octanol–water partition coefficient (Wildman–Crippen LogP) is 5.73. The van der Waals surface area contributed by atoms with E-state index in [4.69, 9.17) is 9.84 Å². The lowest BCUT2D eigenvalue weighted by molar-refractivity contribution is 0.0992. The second kappa shape index (κ2) is 10.8. The Labute approximate surface area is 197 Å². The Balaban J connectivity index is 1.66. The van der Waals surface area contributed by atoms with Crippen LogP contribution in [0.4, 0.5) is 0 Å². The molecule has 1 atom stereocenters. The van der Waals surface area contributed by atoms with Gasteiger partial charge in [-0.05, 0) is 50.7 Å². The summed E-state index contributed by atoms with van der Waals surface area (Å²) >= 11 is 0. The molecule has 0 spiro atoms. The normalized spacial score (nSPS) is 14.4. The number of ether oxygens (including phenoxy) is 1. The van der Waals surface area contributed by atoms with E-state index in [1.165, 1.54) is 18.4 Å². The van der Waals surface area contributed by atoms with E-state index in [-0.39, 0.29) is 6.10 Å². The first kappa shape index (κ1) is 23.3. The summed E-state index contributed by atoms with van der Waals surface area (Å²) < 4.78 is 8.22. The first-order valence-electron chi connectivity index (χ1n) is 11.9. The fourth-order valence-electron chi connectivity index (χ4n) is 4.16. The average Bonchev–Trinajstić information content (AvgIpc) is 3.58. The van der Waals surface area contributed by atoms with Crippen LogP contribution in [0.15, 0.2) is 67.3 Å². The topological polar surface area (TPSA) is 50.5 Å². The summed E-state index contributed by atoms with van der Waals surface area (Å²) in [6.07, 6.45) is 5.59. The van der Waals surface area contributed by atoms with E-state index in [1.807, 2.05) is 48.1 Å². The number of aliphatic hydroxyl groups is 1. The van der Waals surface area contributed by atoms with Gasteiger partial charge in [-0.3, -0.25) is 4.90 Å². The zero-order chi connectivity index (χ0) is 23.2. The van der Waals surface area contributed by atoms with E-state index in [0.717, 1.165) is 53.8 Å². The fourth-order valence-corrected chi connectivity index (χ4v) is 4.16. The van der Waals surface area contributed by atoms with Gasteiger partial charge in [0.05, 0.1) is 11.7 Å². The van der Waals surface area contributed by atoms with E-state index in [0.29, 0.717) is 13.1 Å². The van der Waals surface area contributed by atoms with Gasteiger partial charge in [-0.1, -0.05) is 54.1 Å². The minimum atomic E-state index is -0.375. The van der Waals surface area contributed by atoms with Crippen molar-refractivity contribution in [2.45, 2.75) is 45.3 Å². The summed E-state index contributed by atoms with van der Waals surface area (Å²) in [7, 11) is 1.93. The van der Waals surface area contributed by atoms with Crippen LogP contribution in [0, 0.1) is 12.8 Å². The standard InChI is InChI=1S/C28H35N3O2/c1-4-5-11-24(32)19-31(18-22-14-15-22)20-26-27(23-9-7-6-8-10-23)29-30(3)28(26)33-25-16-12-21(2)13-17-25/h4,6-10,12-13,16-17,22,24,32H,1,5,11,14-15,18-20H2,2-3H3/t24-/m1/s1. The third-order valence-corrected chi connectivity index (χ3v) is 6.14. The molecule has 4 rings (SSSR count). The van der Waals surface area contributed by atoms with Crippen LogP contribution in [0.3, 0.4) is 0 Å². The molecule has 1 heterocycles. The van der Waals surface area contributed by atoms with Crippen molar-refractivity contribution < 1.29 is 9.84 Å². The maximum absolute atomic E-state index is 10.6. The van der Waals surface area contributed by atoms with Crippen molar-refractivity contribution in [1.82, 2.24) is 14.7 Å². The van der Waals surface area contributed by atoms with Crippen molar-refractivity contribution in [1.29, 1.82) is 0 Å². The molecule has 0 saturated heterocycles. The molecule has 0 aliphatic heterocycles. The number of allylic oxidation sites excluding steroid dienone is 1. The quantitative estimate of drug-likeness (QED) is 0.362. The van der Waals surface area contributed by atoms with Gasteiger partial charge in [0.25, 0.3) is 0 Å². The van der Waals surface area contributed by atoms with Gasteiger partial charge < -0.3 is 9.84 Å². The first-order chi connectivity index (χ1) is 16.0. The van der Waals surface area contributed by atoms with E-state index in [2.05, 4.69) is 42.7 Å². The molecule has 1 saturated carbocycles. The number of nitrogens with zero attached hydrogens (tertiary/aromatic N) is 3. The monoisotopic (exact) mass is 445 g/mol. The molecule has 1 aromatic heterocycles. The number of aryl methyl sites for hydroxylation is 2. The number of benzene rings is 2. The summed E-state index contributed by atoms with van der Waals surface area (Å²) in [5, 5.41) is 15.5. The van der Waals surface area contributed by atoms with Gasteiger partial charge in [-0.15, -0.1) is 6.58 Å². The van der Waals surface area contributed by atoms with Crippen LogP contribution >= 0.6 is 0 Å². The molecule has 5 nitrogen and oxygen atoms in total. The van der Waals surface area contributed by atoms with Crippen LogP contribution in [0.2, 0.25) is 0 Å². The predicted molar refractivity (Wildman–Crippen MR) is 133 cm³/mol. The second-order valence-electron chi connectivity index (χ2n) is 9.19. The van der Waals surface area contributed by atoms with Crippen LogP contribution in [0.25, 0.3) is 11.3 Å². The fraction of sp³-hybridized carbons (Fsp3) is 0.393. The third kappa shape index (κ3) is 6.34. The molecule has 33 heavy (non-hydrogen) atoms. The van der Waals surface area contributed by atoms with Crippen molar-refractivity contribution in [3.63, 3.8) is 0 Å². The number of hydrogen-bond donors (Lipinski definition) is 1. The van der Waals surface area contributed by atoms with E-state index in [9.17, 15) is 5.11 Å². The molecule has 1 aliphatic carbocycles. The Morgan fingerprint density at radius 3 is 2.58 bits per heavy atom. The Morgan fingerprint density at radius 1 is 1.18 bits per heavy atom. The van der Waals surface area contributed by atoms with Gasteiger partial charge in [-0.2, -0.15) is 5.10 Å². The minimum absolute atomic E-state index is 0.375. The molecule has 0 unspecified atom stereocenters. The Hall–Kier alpha value is -2.89. The zero-order valence-electron chi connectivity index (χ0n) is 19.8. The van der Waals surface area contributed by atoms with E-state index >= 15 is 0 Å². The molecule has 1 N–H and O–H groups in total. The lowest BCUT2D eigenvalue weighted by Crippen LogP contribution is -2.33. The number of aliphatic hydroxyl groups excluding tert-OH is 1. The summed E-state index contributed by atoms with van der Waals surface area (Å²) in [5.41, 5.74) is 4.25. The van der Waals surface area contributed by atoms with E-state index in [1.54, 1.807) is 0 Å². The van der Waals surface area contributed by atoms with Crippen LogP contribution < -0.4 is 4.74 Å². The highest BCUT2D eigenvalue weighted by molar-refractivity contribution is 5.65. The summed E-state index contributed by atoms with van der Waals surface area (Å²) in [6.45, 7) is 8.16. The van der Waals surface area contributed by atoms with Crippen molar-refractivity contribution in [3.05, 3.63) is 78.4 Å². The molecule has 174 valence electrons. The SMILES string of the molecule is C=CCC[C@@H](O)CN(Cc1c(-c2ccccc2)nn(C)c1Oc1ccc(C)cc1)CC1CC1. The highest BCUT2D eigenvalue weighted by Crippen LogP contribution is 2.36. The summed E-state index contributed by atoms with van der Waals surface area (Å²) in [5.74, 6) is 2.26. The highest BCUT2D eigenvalue weighted by Gasteiger charge is 2.28. The summed E-state index contributed by atoms with van der Waals surface area (Å²) in [6, 6.07) is 18.4. The van der Waals surface area contributed by atoms with Crippen LogP contribution in [0.1, 0.15) is 36.8 Å². The lowest BCUT2D eigenvalue weighted by Gasteiger charge is -2.25. The molecular formula is C28H35N3O2. The molecule has 0 amide bonds. The molecule has 1 fully saturated rings. The average molecular weight is 446 g/mol. The van der Waals surface area contributed by atoms with Crippen molar-refractivity contribution in [2.75, 3.05) is 13.1 Å². The Bertz CT molecular complexity index is 1040. The largest absolute Gasteiger partial charge is 0.439 e. The van der Waals surface area contributed by atoms with Gasteiger partial charge in [0.1, 0.15) is 11.4 Å². The summed E-state index contributed by atoms with van der Waals surface area (Å²) in [4.78, 5) is 2.37. The van der Waals surface area contributed by atoms with Gasteiger partial charge in [0, 0.05) is 32.2 Å². The minimum Gasteiger partial charge on any atom is -0.439 e. The Morgan fingerprint density at radius 2 is 1.91 bits per heavy atom. The number of aromatic nitrogens is 2. The molecular weight excluding hydrogens is 410 g/mol. The second-order valence-corrected chi connectivity index (χ2v) is 9.19.